The van der Waals surface area contributed by atoms with E-state index in [0.29, 0.717) is 11.3 Å². The zero-order chi connectivity index (χ0) is 13.4. The van der Waals surface area contributed by atoms with Gasteiger partial charge in [0.15, 0.2) is 0 Å². The lowest BCUT2D eigenvalue weighted by atomic mass is 10.2. The van der Waals surface area contributed by atoms with E-state index in [-0.39, 0.29) is 0 Å². The van der Waals surface area contributed by atoms with E-state index in [0.717, 1.165) is 11.4 Å². The molecule has 0 saturated carbocycles. The van der Waals surface area contributed by atoms with Gasteiger partial charge >= 0.3 is 0 Å². The smallest absolute Gasteiger partial charge is 0.140 e. The Morgan fingerprint density at radius 1 is 1.00 bits per heavy atom. The first kappa shape index (κ1) is 13.3. The first-order valence-electron chi connectivity index (χ1n) is 5.32. The van der Waals surface area contributed by atoms with Crippen molar-refractivity contribution < 1.29 is 0 Å². The van der Waals surface area contributed by atoms with Crippen LogP contribution < -0.4 is 0 Å². The van der Waals surface area contributed by atoms with Crippen molar-refractivity contribution in [3.63, 3.8) is 0 Å². The van der Waals surface area contributed by atoms with Gasteiger partial charge in [0.05, 0.1) is 11.6 Å². The van der Waals surface area contributed by atoms with Crippen LogP contribution in [0, 0.1) is 36.5 Å². The van der Waals surface area contributed by atoms with Crippen LogP contribution in [0.25, 0.3) is 0 Å². The number of rotatable bonds is 0. The maximum Gasteiger partial charge on any atom is 0.140 e. The van der Waals surface area contributed by atoms with Gasteiger partial charge in [-0.2, -0.15) is 10.5 Å². The third-order valence-corrected chi connectivity index (χ3v) is 2.03. The molecule has 0 aliphatic rings. The SMILES string of the molecule is Cc1cc(C#N)ccn1.Cc1cccc(C#N)n1. The van der Waals surface area contributed by atoms with Crippen LogP contribution in [-0.2, 0) is 0 Å². The van der Waals surface area contributed by atoms with E-state index in [1.54, 1.807) is 24.4 Å². The van der Waals surface area contributed by atoms with Gasteiger partial charge in [-0.25, -0.2) is 4.98 Å². The Hall–Kier alpha value is -2.72. The second kappa shape index (κ2) is 6.78. The maximum absolute atomic E-state index is 8.38. The van der Waals surface area contributed by atoms with Gasteiger partial charge in [-0.1, -0.05) is 6.07 Å². The van der Waals surface area contributed by atoms with Crippen LogP contribution in [0.3, 0.4) is 0 Å². The van der Waals surface area contributed by atoms with Crippen molar-refractivity contribution in [3.8, 4) is 12.1 Å². The Balaban J connectivity index is 0.000000180. The van der Waals surface area contributed by atoms with Gasteiger partial charge in [0.25, 0.3) is 0 Å². The summed E-state index contributed by atoms with van der Waals surface area (Å²) in [6, 6.07) is 12.8. The van der Waals surface area contributed by atoms with E-state index >= 15 is 0 Å². The van der Waals surface area contributed by atoms with Crippen LogP contribution in [0.5, 0.6) is 0 Å². The minimum absolute atomic E-state index is 0.481. The average Bonchev–Trinajstić information content (AvgIpc) is 2.39. The van der Waals surface area contributed by atoms with Crippen LogP contribution in [0.15, 0.2) is 36.5 Å². The monoisotopic (exact) mass is 236 g/mol. The van der Waals surface area contributed by atoms with Crippen LogP contribution in [0.2, 0.25) is 0 Å². The number of aryl methyl sites for hydroxylation is 2. The van der Waals surface area contributed by atoms with Crippen molar-refractivity contribution in [2.75, 3.05) is 0 Å². The third kappa shape index (κ3) is 4.42. The van der Waals surface area contributed by atoms with E-state index in [1.165, 1.54) is 0 Å². The maximum atomic E-state index is 8.38. The van der Waals surface area contributed by atoms with Gasteiger partial charge in [-0.3, -0.25) is 4.98 Å². The van der Waals surface area contributed by atoms with E-state index in [2.05, 4.69) is 9.97 Å². The zero-order valence-electron chi connectivity index (χ0n) is 10.3. The standard InChI is InChI=1S/2C7H6N2/c1-6-4-7(5-8)2-3-9-6;1-6-3-2-4-7(5-8)9-6/h2*2-4H,1H3. The second-order valence-corrected chi connectivity index (χ2v) is 3.57. The van der Waals surface area contributed by atoms with Crippen LogP contribution >= 0.6 is 0 Å². The first-order valence-corrected chi connectivity index (χ1v) is 5.32. The zero-order valence-corrected chi connectivity index (χ0v) is 10.3. The highest BCUT2D eigenvalue weighted by molar-refractivity contribution is 5.27. The van der Waals surface area contributed by atoms with Crippen molar-refractivity contribution in [1.29, 1.82) is 10.5 Å². The second-order valence-electron chi connectivity index (χ2n) is 3.57. The van der Waals surface area contributed by atoms with Crippen molar-refractivity contribution in [3.05, 3.63) is 59.2 Å². The fourth-order valence-corrected chi connectivity index (χ4v) is 1.22. The van der Waals surface area contributed by atoms with Gasteiger partial charge in [0, 0.05) is 17.6 Å². The van der Waals surface area contributed by atoms with Crippen LogP contribution in [0.4, 0.5) is 0 Å². The minimum atomic E-state index is 0.481. The molecule has 0 aromatic carbocycles. The van der Waals surface area contributed by atoms with Gasteiger partial charge < -0.3 is 0 Å². The lowest BCUT2D eigenvalue weighted by Gasteiger charge is -1.88. The summed E-state index contributed by atoms with van der Waals surface area (Å²) in [5.74, 6) is 0. The molecule has 0 amide bonds. The summed E-state index contributed by atoms with van der Waals surface area (Å²) < 4.78 is 0. The highest BCUT2D eigenvalue weighted by Crippen LogP contribution is 1.96. The molecule has 0 fully saturated rings. The summed E-state index contributed by atoms with van der Waals surface area (Å²) in [6.45, 7) is 3.72. The summed E-state index contributed by atoms with van der Waals surface area (Å²) in [5, 5.41) is 16.7. The Kier molecular flexibility index (Phi) is 5.02. The predicted octanol–water partition coefficient (Wildman–Crippen LogP) is 2.52. The molecular weight excluding hydrogens is 224 g/mol. The minimum Gasteiger partial charge on any atom is -0.262 e. The summed E-state index contributed by atoms with van der Waals surface area (Å²) in [7, 11) is 0. The Morgan fingerprint density at radius 3 is 2.22 bits per heavy atom. The summed E-state index contributed by atoms with van der Waals surface area (Å²) in [5.41, 5.74) is 2.92. The van der Waals surface area contributed by atoms with E-state index < -0.39 is 0 Å². The number of nitriles is 2. The largest absolute Gasteiger partial charge is 0.262 e. The number of hydrogen-bond donors (Lipinski definition) is 0. The lowest BCUT2D eigenvalue weighted by molar-refractivity contribution is 1.17. The fourth-order valence-electron chi connectivity index (χ4n) is 1.22. The first-order chi connectivity index (χ1) is 8.65. The summed E-state index contributed by atoms with van der Waals surface area (Å²) in [4.78, 5) is 7.87. The number of nitrogens with zero attached hydrogens (tertiary/aromatic N) is 4. The van der Waals surface area contributed by atoms with Crippen molar-refractivity contribution in [2.24, 2.45) is 0 Å². The lowest BCUT2D eigenvalue weighted by Crippen LogP contribution is -1.83. The molecule has 2 aromatic heterocycles. The van der Waals surface area contributed by atoms with Crippen LogP contribution in [-0.4, -0.2) is 9.97 Å². The molecule has 4 nitrogen and oxygen atoms in total. The molecule has 0 spiro atoms. The summed E-state index contributed by atoms with van der Waals surface area (Å²) >= 11 is 0. The molecule has 0 bridgehead atoms. The molecule has 0 unspecified atom stereocenters. The Bertz CT molecular complexity index is 550. The molecule has 2 heterocycles. The fraction of sp³-hybridized carbons (Fsp3) is 0.143. The topological polar surface area (TPSA) is 73.4 Å². The molecule has 0 N–H and O–H groups in total. The molecule has 88 valence electrons. The van der Waals surface area contributed by atoms with Gasteiger partial charge in [-0.15, -0.1) is 0 Å². The molecular formula is C14H12N4. The number of aromatic nitrogens is 2. The number of pyridine rings is 2. The van der Waals surface area contributed by atoms with Gasteiger partial charge in [0.1, 0.15) is 11.8 Å². The van der Waals surface area contributed by atoms with Crippen molar-refractivity contribution >= 4 is 0 Å². The molecule has 2 rings (SSSR count). The van der Waals surface area contributed by atoms with Crippen LogP contribution in [0.1, 0.15) is 22.6 Å². The van der Waals surface area contributed by atoms with Gasteiger partial charge in [-0.05, 0) is 38.1 Å². The van der Waals surface area contributed by atoms with Crippen molar-refractivity contribution in [2.45, 2.75) is 13.8 Å². The number of hydrogen-bond acceptors (Lipinski definition) is 4. The van der Waals surface area contributed by atoms with Gasteiger partial charge in [0.2, 0.25) is 0 Å². The predicted molar refractivity (Wildman–Crippen MR) is 67.4 cm³/mol. The van der Waals surface area contributed by atoms with E-state index in [9.17, 15) is 0 Å². The average molecular weight is 236 g/mol. The highest BCUT2D eigenvalue weighted by atomic mass is 14.7. The molecule has 0 aliphatic heterocycles. The molecule has 0 aliphatic carbocycles. The van der Waals surface area contributed by atoms with Crippen molar-refractivity contribution in [1.82, 2.24) is 9.97 Å². The molecule has 0 saturated heterocycles. The molecule has 0 atom stereocenters. The summed E-state index contributed by atoms with van der Waals surface area (Å²) in [6.07, 6.45) is 1.63. The quantitative estimate of drug-likeness (QED) is 0.704. The Labute approximate surface area is 106 Å². The third-order valence-electron chi connectivity index (χ3n) is 2.03. The molecule has 2 aromatic rings. The molecule has 4 heteroatoms. The van der Waals surface area contributed by atoms with E-state index in [4.69, 9.17) is 10.5 Å². The highest BCUT2D eigenvalue weighted by Gasteiger charge is 1.88. The Morgan fingerprint density at radius 2 is 1.78 bits per heavy atom. The molecule has 0 radical (unpaired) electrons. The normalized spacial score (nSPS) is 8.44. The molecule has 18 heavy (non-hydrogen) atoms. The van der Waals surface area contributed by atoms with E-state index in [1.807, 2.05) is 38.1 Å².